The molecule has 1 atom stereocenters. The molecular weight excluding hydrogens is 546 g/mol. The molecular formula is C31H20BrNO5. The lowest BCUT2D eigenvalue weighted by Gasteiger charge is -2.25. The van der Waals surface area contributed by atoms with E-state index in [9.17, 15) is 14.4 Å². The predicted molar refractivity (Wildman–Crippen MR) is 148 cm³/mol. The van der Waals surface area contributed by atoms with Crippen LogP contribution in [0.4, 0.5) is 5.69 Å². The Kier molecular flexibility index (Phi) is 5.93. The Balaban J connectivity index is 1.54. The number of anilines is 1. The molecule has 0 N–H and O–H groups in total. The van der Waals surface area contributed by atoms with Crippen molar-refractivity contribution < 1.29 is 18.7 Å². The maximum atomic E-state index is 13.9. The van der Waals surface area contributed by atoms with Crippen molar-refractivity contribution in [2.24, 2.45) is 0 Å². The summed E-state index contributed by atoms with van der Waals surface area (Å²) in [6, 6.07) is 27.8. The van der Waals surface area contributed by atoms with E-state index in [0.717, 1.165) is 4.47 Å². The Morgan fingerprint density at radius 3 is 2.34 bits per heavy atom. The molecule has 0 aliphatic carbocycles. The summed E-state index contributed by atoms with van der Waals surface area (Å²) in [6.45, 7) is 1.49. The predicted octanol–water partition coefficient (Wildman–Crippen LogP) is 7.30. The lowest BCUT2D eigenvalue weighted by atomic mass is 9.98. The number of fused-ring (bicyclic) bond motifs is 2. The molecule has 1 aliphatic rings. The third-order valence-electron chi connectivity index (χ3n) is 6.54. The number of Topliss-reactive ketones (excluding diaryl/α,β-unsaturated/α-hetero) is 1. The second-order valence-electron chi connectivity index (χ2n) is 8.98. The Morgan fingerprint density at radius 1 is 0.868 bits per heavy atom. The minimum Gasteiger partial charge on any atom is -0.457 e. The maximum Gasteiger partial charge on any atom is 0.295 e. The first kappa shape index (κ1) is 23.9. The highest BCUT2D eigenvalue weighted by atomic mass is 79.9. The molecule has 0 saturated heterocycles. The van der Waals surface area contributed by atoms with Crippen LogP contribution in [0, 0.1) is 0 Å². The number of halogens is 1. The quantitative estimate of drug-likeness (QED) is 0.209. The van der Waals surface area contributed by atoms with Gasteiger partial charge in [0, 0.05) is 15.7 Å². The number of benzene rings is 4. The molecule has 4 aromatic carbocycles. The van der Waals surface area contributed by atoms with Crippen LogP contribution in [-0.2, 0) is 0 Å². The molecule has 1 aliphatic heterocycles. The van der Waals surface area contributed by atoms with Crippen LogP contribution < -0.4 is 15.1 Å². The SMILES string of the molecule is CC(=O)c1ccc(N2C(=O)c3oc4ccc(Br)cc4c(=O)c3C2c2cccc(Oc3ccccc3)c2)cc1. The zero-order valence-corrected chi connectivity index (χ0v) is 21.8. The summed E-state index contributed by atoms with van der Waals surface area (Å²) in [6.07, 6.45) is 0. The smallest absolute Gasteiger partial charge is 0.295 e. The van der Waals surface area contributed by atoms with Crippen molar-refractivity contribution in [1.82, 2.24) is 0 Å². The van der Waals surface area contributed by atoms with Gasteiger partial charge in [-0.2, -0.15) is 0 Å². The number of ether oxygens (including phenoxy) is 1. The summed E-state index contributed by atoms with van der Waals surface area (Å²) >= 11 is 3.43. The molecule has 2 heterocycles. The van der Waals surface area contributed by atoms with Crippen molar-refractivity contribution >= 4 is 44.3 Å². The fraction of sp³-hybridized carbons (Fsp3) is 0.0645. The standard InChI is InChI=1S/C31H20BrNO5/c1-18(34)19-10-13-22(14-11-19)33-28(20-6-5-9-24(16-20)37-23-7-3-2-4-8-23)27-29(35)25-17-21(32)12-15-26(25)38-30(27)31(33)36/h2-17,28H,1H3. The fourth-order valence-corrected chi connectivity index (χ4v) is 5.12. The average Bonchev–Trinajstić information content (AvgIpc) is 3.22. The van der Waals surface area contributed by atoms with Gasteiger partial charge in [-0.15, -0.1) is 0 Å². The van der Waals surface area contributed by atoms with E-state index in [2.05, 4.69) is 15.9 Å². The normalized spacial score (nSPS) is 14.5. The van der Waals surface area contributed by atoms with Crippen LogP contribution in [0.15, 0.2) is 111 Å². The number of nitrogens with zero attached hydrogens (tertiary/aromatic N) is 1. The highest BCUT2D eigenvalue weighted by Gasteiger charge is 2.43. The van der Waals surface area contributed by atoms with E-state index >= 15 is 0 Å². The van der Waals surface area contributed by atoms with E-state index in [-0.39, 0.29) is 22.5 Å². The minimum absolute atomic E-state index is 0.000141. The van der Waals surface area contributed by atoms with Gasteiger partial charge in [0.2, 0.25) is 5.76 Å². The summed E-state index contributed by atoms with van der Waals surface area (Å²) in [7, 11) is 0. The largest absolute Gasteiger partial charge is 0.457 e. The van der Waals surface area contributed by atoms with Crippen molar-refractivity contribution in [2.75, 3.05) is 4.90 Å². The van der Waals surface area contributed by atoms with Crippen LogP contribution in [0.1, 0.15) is 45.0 Å². The summed E-state index contributed by atoms with van der Waals surface area (Å²) in [4.78, 5) is 41.1. The minimum atomic E-state index is -0.764. The van der Waals surface area contributed by atoms with Crippen molar-refractivity contribution in [1.29, 1.82) is 0 Å². The van der Waals surface area contributed by atoms with Gasteiger partial charge in [-0.1, -0.05) is 46.3 Å². The topological polar surface area (TPSA) is 76.8 Å². The van der Waals surface area contributed by atoms with Gasteiger partial charge < -0.3 is 9.15 Å². The Bertz CT molecular complexity index is 1780. The number of para-hydroxylation sites is 1. The molecule has 1 unspecified atom stereocenters. The first-order valence-electron chi connectivity index (χ1n) is 11.9. The molecule has 186 valence electrons. The second kappa shape index (κ2) is 9.43. The van der Waals surface area contributed by atoms with Gasteiger partial charge >= 0.3 is 0 Å². The molecule has 5 aromatic rings. The van der Waals surface area contributed by atoms with Gasteiger partial charge in [0.1, 0.15) is 17.1 Å². The number of amides is 1. The zero-order chi connectivity index (χ0) is 26.4. The van der Waals surface area contributed by atoms with Crippen LogP contribution in [-0.4, -0.2) is 11.7 Å². The van der Waals surface area contributed by atoms with E-state index in [4.69, 9.17) is 9.15 Å². The molecule has 1 aromatic heterocycles. The van der Waals surface area contributed by atoms with Crippen LogP contribution >= 0.6 is 15.9 Å². The zero-order valence-electron chi connectivity index (χ0n) is 20.2. The number of hydrogen-bond donors (Lipinski definition) is 0. The van der Waals surface area contributed by atoms with Crippen molar-refractivity contribution in [3.05, 3.63) is 134 Å². The van der Waals surface area contributed by atoms with E-state index in [0.29, 0.717) is 39.3 Å². The first-order chi connectivity index (χ1) is 18.4. The number of ketones is 1. The maximum absolute atomic E-state index is 13.9. The van der Waals surface area contributed by atoms with E-state index in [1.165, 1.54) is 11.8 Å². The average molecular weight is 566 g/mol. The Hall–Kier alpha value is -4.49. The summed E-state index contributed by atoms with van der Waals surface area (Å²) < 4.78 is 12.8. The van der Waals surface area contributed by atoms with E-state index < -0.39 is 11.9 Å². The molecule has 0 spiro atoms. The summed E-state index contributed by atoms with van der Waals surface area (Å²) in [5.74, 6) is 0.717. The molecule has 7 heteroatoms. The third-order valence-corrected chi connectivity index (χ3v) is 7.03. The molecule has 6 nitrogen and oxygen atoms in total. The number of rotatable bonds is 5. The van der Waals surface area contributed by atoms with Crippen molar-refractivity contribution in [3.8, 4) is 11.5 Å². The van der Waals surface area contributed by atoms with E-state index in [1.54, 1.807) is 42.5 Å². The molecule has 0 bridgehead atoms. The summed E-state index contributed by atoms with van der Waals surface area (Å²) in [5.41, 5.74) is 2.06. The molecule has 1 amide bonds. The Labute approximate surface area is 226 Å². The van der Waals surface area contributed by atoms with Crippen molar-refractivity contribution in [3.63, 3.8) is 0 Å². The molecule has 0 saturated carbocycles. The lowest BCUT2D eigenvalue weighted by molar-refractivity contribution is 0.0970. The van der Waals surface area contributed by atoms with Crippen molar-refractivity contribution in [2.45, 2.75) is 13.0 Å². The highest BCUT2D eigenvalue weighted by Crippen LogP contribution is 2.42. The number of carbonyl (C=O) groups is 2. The van der Waals surface area contributed by atoms with Crippen LogP contribution in [0.25, 0.3) is 11.0 Å². The van der Waals surface area contributed by atoms with Gasteiger partial charge in [-0.05, 0) is 79.2 Å². The van der Waals surface area contributed by atoms with Gasteiger partial charge in [0.05, 0.1) is 17.0 Å². The monoisotopic (exact) mass is 565 g/mol. The van der Waals surface area contributed by atoms with Gasteiger partial charge in [-0.3, -0.25) is 19.3 Å². The molecule has 0 fully saturated rings. The van der Waals surface area contributed by atoms with Crippen LogP contribution in [0.3, 0.4) is 0 Å². The molecule has 38 heavy (non-hydrogen) atoms. The van der Waals surface area contributed by atoms with Gasteiger partial charge in [-0.25, -0.2) is 0 Å². The molecule has 6 rings (SSSR count). The second-order valence-corrected chi connectivity index (χ2v) is 9.90. The first-order valence-corrected chi connectivity index (χ1v) is 12.7. The highest BCUT2D eigenvalue weighted by molar-refractivity contribution is 9.10. The van der Waals surface area contributed by atoms with E-state index in [1.807, 2.05) is 54.6 Å². The number of carbonyl (C=O) groups excluding carboxylic acids is 2. The lowest BCUT2D eigenvalue weighted by Crippen LogP contribution is -2.29. The van der Waals surface area contributed by atoms with Gasteiger partial charge in [0.25, 0.3) is 5.91 Å². The third kappa shape index (κ3) is 4.11. The van der Waals surface area contributed by atoms with Gasteiger partial charge in [0.15, 0.2) is 11.2 Å². The Morgan fingerprint density at radius 2 is 1.61 bits per heavy atom. The summed E-state index contributed by atoms with van der Waals surface area (Å²) in [5, 5.41) is 0.376. The fourth-order valence-electron chi connectivity index (χ4n) is 4.76. The van der Waals surface area contributed by atoms with Crippen LogP contribution in [0.2, 0.25) is 0 Å². The number of hydrogen-bond acceptors (Lipinski definition) is 5. The molecule has 0 radical (unpaired) electrons. The van der Waals surface area contributed by atoms with Crippen LogP contribution in [0.5, 0.6) is 11.5 Å².